The number of methoxy groups -OCH3 is 1. The molecule has 0 bridgehead atoms. The van der Waals surface area contributed by atoms with Crippen molar-refractivity contribution in [3.05, 3.63) is 71.3 Å². The fourth-order valence-electron chi connectivity index (χ4n) is 2.67. The van der Waals surface area contributed by atoms with E-state index >= 15 is 0 Å². The smallest absolute Gasteiger partial charge is 0.407 e. The largest absolute Gasteiger partial charge is 0.469 e. The number of aliphatic hydroxyl groups is 2. The second-order valence-electron chi connectivity index (χ2n) is 6.23. The number of nitrogens with one attached hydrogen (secondary N) is 1. The highest BCUT2D eigenvalue weighted by atomic mass is 16.5. The van der Waals surface area contributed by atoms with Crippen LogP contribution in [-0.2, 0) is 27.3 Å². The molecular weight excluding hydrogens is 362 g/mol. The van der Waals surface area contributed by atoms with E-state index in [1.165, 1.54) is 7.11 Å². The normalized spacial score (nSPS) is 12.7. The average Bonchev–Trinajstić information content (AvgIpc) is 2.74. The molecule has 0 saturated heterocycles. The number of alkyl carbamates (subject to hydrolysis) is 1. The molecule has 2 aromatic rings. The first-order chi connectivity index (χ1) is 13.5. The summed E-state index contributed by atoms with van der Waals surface area (Å²) < 4.78 is 9.70. The van der Waals surface area contributed by atoms with Gasteiger partial charge < -0.3 is 25.0 Å². The van der Waals surface area contributed by atoms with Gasteiger partial charge in [0.1, 0.15) is 18.8 Å². The molecule has 1 amide bonds. The zero-order valence-electron chi connectivity index (χ0n) is 15.7. The first-order valence-electron chi connectivity index (χ1n) is 8.96. The van der Waals surface area contributed by atoms with Crippen molar-refractivity contribution in [1.29, 1.82) is 0 Å². The van der Waals surface area contributed by atoms with Gasteiger partial charge in [0.05, 0.1) is 7.11 Å². The van der Waals surface area contributed by atoms with Crippen LogP contribution in [0.1, 0.15) is 29.2 Å². The van der Waals surface area contributed by atoms with E-state index in [1.54, 1.807) is 24.3 Å². The summed E-state index contributed by atoms with van der Waals surface area (Å²) in [6, 6.07) is 16.2. The van der Waals surface area contributed by atoms with Crippen molar-refractivity contribution in [3.63, 3.8) is 0 Å². The highest BCUT2D eigenvalue weighted by molar-refractivity contribution is 5.69. The van der Waals surface area contributed by atoms with E-state index in [0.717, 1.165) is 11.1 Å². The molecule has 28 heavy (non-hydrogen) atoms. The molecule has 0 aliphatic carbocycles. The Morgan fingerprint density at radius 1 is 1.04 bits per heavy atom. The zero-order valence-corrected chi connectivity index (χ0v) is 15.7. The Labute approximate surface area is 163 Å². The van der Waals surface area contributed by atoms with Gasteiger partial charge >= 0.3 is 12.1 Å². The Bertz CT molecular complexity index is 765. The summed E-state index contributed by atoms with van der Waals surface area (Å²) in [6.45, 7) is -0.0676. The van der Waals surface area contributed by atoms with Crippen molar-refractivity contribution >= 4 is 12.1 Å². The zero-order chi connectivity index (χ0) is 20.4. The Kier molecular flexibility index (Phi) is 8.45. The quantitative estimate of drug-likeness (QED) is 0.569. The molecular formula is C21H25NO6. The molecule has 2 aromatic carbocycles. The van der Waals surface area contributed by atoms with Crippen LogP contribution in [0.2, 0.25) is 0 Å². The molecule has 0 fully saturated rings. The average molecular weight is 387 g/mol. The lowest BCUT2D eigenvalue weighted by molar-refractivity contribution is -0.140. The number of hydrogen-bond donors (Lipinski definition) is 3. The van der Waals surface area contributed by atoms with Gasteiger partial charge in [0.15, 0.2) is 0 Å². The van der Waals surface area contributed by atoms with Gasteiger partial charge in [0, 0.05) is 13.0 Å². The van der Waals surface area contributed by atoms with E-state index in [9.17, 15) is 19.8 Å². The summed E-state index contributed by atoms with van der Waals surface area (Å²) in [6.07, 6.45) is -2.60. The fourth-order valence-corrected chi connectivity index (χ4v) is 2.67. The highest BCUT2D eigenvalue weighted by Gasteiger charge is 2.22. The Morgan fingerprint density at radius 3 is 2.43 bits per heavy atom. The van der Waals surface area contributed by atoms with Crippen LogP contribution >= 0.6 is 0 Å². The minimum absolute atomic E-state index is 0.113. The van der Waals surface area contributed by atoms with Gasteiger partial charge in [-0.25, -0.2) is 4.79 Å². The molecule has 0 radical (unpaired) electrons. The van der Waals surface area contributed by atoms with Crippen LogP contribution in [0.5, 0.6) is 0 Å². The minimum Gasteiger partial charge on any atom is -0.469 e. The van der Waals surface area contributed by atoms with Crippen LogP contribution in [0.3, 0.4) is 0 Å². The van der Waals surface area contributed by atoms with E-state index in [0.29, 0.717) is 12.0 Å². The van der Waals surface area contributed by atoms with E-state index in [1.807, 2.05) is 30.3 Å². The molecule has 2 rings (SSSR count). The lowest BCUT2D eigenvalue weighted by Crippen LogP contribution is -2.36. The standard InChI is InChI=1S/C21H25NO6/c1-27-19(24)12-11-16-9-5-6-10-17(16)20(25)18(23)13-22-21(26)28-14-15-7-3-2-4-8-15/h2-10,18,20,23,25H,11-14H2,1H3,(H,22,26). The number of esters is 1. The van der Waals surface area contributed by atoms with Gasteiger partial charge in [-0.1, -0.05) is 54.6 Å². The predicted octanol–water partition coefficient (Wildman–Crippen LogP) is 2.11. The Morgan fingerprint density at radius 2 is 1.71 bits per heavy atom. The van der Waals surface area contributed by atoms with Crippen molar-refractivity contribution in [1.82, 2.24) is 5.32 Å². The maximum Gasteiger partial charge on any atom is 0.407 e. The molecule has 150 valence electrons. The second-order valence-corrected chi connectivity index (χ2v) is 6.23. The van der Waals surface area contributed by atoms with Crippen molar-refractivity contribution in [2.45, 2.75) is 31.7 Å². The first kappa shape index (κ1) is 21.4. The van der Waals surface area contributed by atoms with Crippen LogP contribution in [0, 0.1) is 0 Å². The number of hydrogen-bond acceptors (Lipinski definition) is 6. The van der Waals surface area contributed by atoms with Gasteiger partial charge in [-0.2, -0.15) is 0 Å². The third kappa shape index (κ3) is 6.68. The summed E-state index contributed by atoms with van der Waals surface area (Å²) in [4.78, 5) is 23.1. The van der Waals surface area contributed by atoms with E-state index < -0.39 is 18.3 Å². The number of aryl methyl sites for hydroxylation is 1. The Hall–Kier alpha value is -2.90. The number of rotatable bonds is 9. The lowest BCUT2D eigenvalue weighted by Gasteiger charge is -2.21. The van der Waals surface area contributed by atoms with Gasteiger partial charge in [0.2, 0.25) is 0 Å². The SMILES string of the molecule is COC(=O)CCc1ccccc1C(O)C(O)CNC(=O)OCc1ccccc1. The van der Waals surface area contributed by atoms with Crippen molar-refractivity contribution in [2.75, 3.05) is 13.7 Å². The molecule has 0 aliphatic heterocycles. The molecule has 0 aliphatic rings. The highest BCUT2D eigenvalue weighted by Crippen LogP contribution is 2.22. The molecule has 7 heteroatoms. The fraction of sp³-hybridized carbons (Fsp3) is 0.333. The molecule has 0 aromatic heterocycles. The van der Waals surface area contributed by atoms with Gasteiger partial charge in [-0.15, -0.1) is 0 Å². The van der Waals surface area contributed by atoms with Gasteiger partial charge in [-0.3, -0.25) is 4.79 Å². The number of benzene rings is 2. The topological polar surface area (TPSA) is 105 Å². The monoisotopic (exact) mass is 387 g/mol. The van der Waals surface area contributed by atoms with Crippen molar-refractivity contribution < 1.29 is 29.3 Å². The molecule has 7 nitrogen and oxygen atoms in total. The van der Waals surface area contributed by atoms with E-state index in [2.05, 4.69) is 10.1 Å². The van der Waals surface area contributed by atoms with E-state index in [4.69, 9.17) is 4.74 Å². The van der Waals surface area contributed by atoms with Crippen LogP contribution < -0.4 is 5.32 Å². The number of amides is 1. The minimum atomic E-state index is -1.23. The van der Waals surface area contributed by atoms with Gasteiger partial charge in [-0.05, 0) is 23.1 Å². The van der Waals surface area contributed by atoms with Crippen LogP contribution in [0.25, 0.3) is 0 Å². The van der Waals surface area contributed by atoms with Crippen LogP contribution in [-0.4, -0.2) is 42.0 Å². The number of carbonyl (C=O) groups excluding carboxylic acids is 2. The third-order valence-corrected chi connectivity index (χ3v) is 4.23. The predicted molar refractivity (Wildman–Crippen MR) is 102 cm³/mol. The van der Waals surface area contributed by atoms with Crippen molar-refractivity contribution in [2.24, 2.45) is 0 Å². The summed E-state index contributed by atoms with van der Waals surface area (Å²) >= 11 is 0. The second kappa shape index (κ2) is 11.1. The summed E-state index contributed by atoms with van der Waals surface area (Å²) in [5.74, 6) is -0.354. The van der Waals surface area contributed by atoms with Gasteiger partial charge in [0.25, 0.3) is 0 Å². The Balaban J connectivity index is 1.85. The molecule has 2 atom stereocenters. The summed E-state index contributed by atoms with van der Waals surface area (Å²) in [7, 11) is 1.31. The summed E-state index contributed by atoms with van der Waals surface area (Å²) in [5.41, 5.74) is 2.07. The maximum atomic E-state index is 11.8. The molecule has 3 N–H and O–H groups in total. The number of carbonyl (C=O) groups is 2. The van der Waals surface area contributed by atoms with Crippen LogP contribution in [0.4, 0.5) is 4.79 Å². The molecule has 2 unspecified atom stereocenters. The van der Waals surface area contributed by atoms with Crippen molar-refractivity contribution in [3.8, 4) is 0 Å². The van der Waals surface area contributed by atoms with E-state index in [-0.39, 0.29) is 25.5 Å². The number of aliphatic hydroxyl groups excluding tert-OH is 2. The molecule has 0 heterocycles. The maximum absolute atomic E-state index is 11.8. The molecule has 0 spiro atoms. The van der Waals surface area contributed by atoms with Crippen LogP contribution in [0.15, 0.2) is 54.6 Å². The third-order valence-electron chi connectivity index (χ3n) is 4.23. The summed E-state index contributed by atoms with van der Waals surface area (Å²) in [5, 5.41) is 23.1. The lowest BCUT2D eigenvalue weighted by atomic mass is 9.95. The molecule has 0 saturated carbocycles. The first-order valence-corrected chi connectivity index (χ1v) is 8.96. The number of ether oxygens (including phenoxy) is 2.